The molecular weight excluding hydrogens is 494 g/mol. The van der Waals surface area contributed by atoms with Crippen molar-refractivity contribution in [3.05, 3.63) is 96.6 Å². The molecule has 0 saturated carbocycles. The summed E-state index contributed by atoms with van der Waals surface area (Å²) in [5.41, 5.74) is 2.02. The second-order valence-electron chi connectivity index (χ2n) is 8.13. The molecule has 36 heavy (non-hydrogen) atoms. The Balaban J connectivity index is 1.48. The van der Waals surface area contributed by atoms with E-state index in [1.807, 2.05) is 24.3 Å². The Labute approximate surface area is 212 Å². The average Bonchev–Trinajstić information content (AvgIpc) is 3.26. The lowest BCUT2D eigenvalue weighted by Gasteiger charge is -2.11. The third-order valence-electron chi connectivity index (χ3n) is 5.61. The smallest absolute Gasteiger partial charge is 0.270 e. The predicted octanol–water partition coefficient (Wildman–Crippen LogP) is 5.36. The first kappa shape index (κ1) is 23.8. The van der Waals surface area contributed by atoms with Gasteiger partial charge in [-0.05, 0) is 59.3 Å². The van der Waals surface area contributed by atoms with E-state index >= 15 is 0 Å². The lowest BCUT2D eigenvalue weighted by molar-refractivity contribution is -0.114. The molecule has 1 aromatic heterocycles. The van der Waals surface area contributed by atoms with Gasteiger partial charge in [-0.2, -0.15) is 0 Å². The van der Waals surface area contributed by atoms with Crippen molar-refractivity contribution < 1.29 is 18.0 Å². The second-order valence-corrected chi connectivity index (χ2v) is 10.9. The molecule has 180 valence electrons. The first-order valence-electron chi connectivity index (χ1n) is 11.1. The number of benzene rings is 4. The number of nitrogens with one attached hydrogen (secondary N) is 1. The minimum atomic E-state index is -3.99. The molecular formula is C27H21N3O4S2. The van der Waals surface area contributed by atoms with Gasteiger partial charge in [0.2, 0.25) is 5.91 Å². The molecule has 0 radical (unpaired) electrons. The molecule has 5 rings (SSSR count). The number of carbonyl (C=O) groups excluding carboxylic acids is 2. The molecule has 1 amide bonds. The zero-order valence-corrected chi connectivity index (χ0v) is 20.8. The van der Waals surface area contributed by atoms with Gasteiger partial charge in [0.05, 0.1) is 21.7 Å². The molecule has 1 N–H and O–H groups in total. The van der Waals surface area contributed by atoms with Crippen LogP contribution in [0.3, 0.4) is 0 Å². The Morgan fingerprint density at radius 1 is 0.889 bits per heavy atom. The first-order chi connectivity index (χ1) is 17.3. The molecule has 0 saturated heterocycles. The summed E-state index contributed by atoms with van der Waals surface area (Å²) in [6, 6.07) is 26.1. The summed E-state index contributed by atoms with van der Waals surface area (Å²) in [5, 5.41) is 4.63. The first-order valence-corrected chi connectivity index (χ1v) is 13.5. The van der Waals surface area contributed by atoms with Crippen molar-refractivity contribution in [3.8, 4) is 0 Å². The third-order valence-corrected chi connectivity index (χ3v) is 8.36. The molecule has 0 aliphatic carbocycles. The highest BCUT2D eigenvalue weighted by molar-refractivity contribution is 8.00. The van der Waals surface area contributed by atoms with Crippen LogP contribution in [0.5, 0.6) is 0 Å². The van der Waals surface area contributed by atoms with E-state index < -0.39 is 10.0 Å². The van der Waals surface area contributed by atoms with Crippen molar-refractivity contribution in [2.75, 3.05) is 11.1 Å². The van der Waals surface area contributed by atoms with Crippen LogP contribution in [0.4, 0.5) is 5.69 Å². The predicted molar refractivity (Wildman–Crippen MR) is 142 cm³/mol. The highest BCUT2D eigenvalue weighted by atomic mass is 32.2. The monoisotopic (exact) mass is 515 g/mol. The van der Waals surface area contributed by atoms with E-state index in [1.54, 1.807) is 66.7 Å². The zero-order valence-electron chi connectivity index (χ0n) is 19.2. The van der Waals surface area contributed by atoms with Gasteiger partial charge in [0, 0.05) is 18.2 Å². The molecule has 0 spiro atoms. The fourth-order valence-electron chi connectivity index (χ4n) is 3.89. The molecule has 0 aliphatic rings. The standard InChI is InChI=1S/C27H21N3O4S2/c1-18(31)28-22-13-10-20(11-14-22)26(32)17-35-27-29-24-8-4-5-9-25(24)30(27)36(33,34)23-15-12-19-6-2-3-7-21(19)16-23/h2-16H,17H2,1H3,(H,28,31). The van der Waals surface area contributed by atoms with Gasteiger partial charge in [-0.15, -0.1) is 0 Å². The van der Waals surface area contributed by atoms with Crippen LogP contribution in [0.15, 0.2) is 101 Å². The molecule has 4 aromatic carbocycles. The maximum atomic E-state index is 13.8. The van der Waals surface area contributed by atoms with Gasteiger partial charge >= 0.3 is 0 Å². The fourth-order valence-corrected chi connectivity index (χ4v) is 6.54. The summed E-state index contributed by atoms with van der Waals surface area (Å²) in [5.74, 6) is -0.386. The summed E-state index contributed by atoms with van der Waals surface area (Å²) >= 11 is 1.07. The number of rotatable bonds is 7. The number of amides is 1. The SMILES string of the molecule is CC(=O)Nc1ccc(C(=O)CSc2nc3ccccc3n2S(=O)(=O)c2ccc3ccccc3c2)cc1. The Morgan fingerprint density at radius 3 is 2.33 bits per heavy atom. The van der Waals surface area contributed by atoms with Crippen molar-refractivity contribution in [3.63, 3.8) is 0 Å². The van der Waals surface area contributed by atoms with Gasteiger partial charge in [0.15, 0.2) is 10.9 Å². The second kappa shape index (κ2) is 9.60. The number of ketones is 1. The van der Waals surface area contributed by atoms with Crippen molar-refractivity contribution in [2.24, 2.45) is 0 Å². The van der Waals surface area contributed by atoms with Crippen molar-refractivity contribution in [1.29, 1.82) is 0 Å². The van der Waals surface area contributed by atoms with Crippen LogP contribution in [-0.4, -0.2) is 34.8 Å². The van der Waals surface area contributed by atoms with Crippen LogP contribution < -0.4 is 5.32 Å². The third kappa shape index (κ3) is 4.62. The molecule has 0 fully saturated rings. The molecule has 7 nitrogen and oxygen atoms in total. The van der Waals surface area contributed by atoms with Crippen LogP contribution >= 0.6 is 11.8 Å². The summed E-state index contributed by atoms with van der Waals surface area (Å²) in [6.45, 7) is 1.41. The van der Waals surface area contributed by atoms with Gasteiger partial charge in [0.1, 0.15) is 0 Å². The van der Waals surface area contributed by atoms with E-state index in [-0.39, 0.29) is 27.5 Å². The number of anilines is 1. The molecule has 0 atom stereocenters. The van der Waals surface area contributed by atoms with Gasteiger partial charge in [0.25, 0.3) is 10.0 Å². The van der Waals surface area contributed by atoms with Gasteiger partial charge in [-0.1, -0.05) is 54.2 Å². The number of Topliss-reactive ketones (excluding diaryl/α,β-unsaturated/α-hetero) is 1. The Bertz CT molecular complexity index is 1730. The van der Waals surface area contributed by atoms with E-state index in [2.05, 4.69) is 10.3 Å². The normalized spacial score (nSPS) is 11.6. The average molecular weight is 516 g/mol. The van der Waals surface area contributed by atoms with Crippen molar-refractivity contribution >= 4 is 61.0 Å². The van der Waals surface area contributed by atoms with E-state index in [4.69, 9.17) is 0 Å². The maximum Gasteiger partial charge on any atom is 0.270 e. The minimum Gasteiger partial charge on any atom is -0.326 e. The Kier molecular flexibility index (Phi) is 6.34. The molecule has 0 bridgehead atoms. The van der Waals surface area contributed by atoms with Crippen LogP contribution in [0, 0.1) is 0 Å². The van der Waals surface area contributed by atoms with Crippen LogP contribution in [0.2, 0.25) is 0 Å². The molecule has 0 aliphatic heterocycles. The Hall–Kier alpha value is -3.95. The van der Waals surface area contributed by atoms with Gasteiger partial charge in [-0.3, -0.25) is 9.59 Å². The number of fused-ring (bicyclic) bond motifs is 2. The molecule has 5 aromatic rings. The van der Waals surface area contributed by atoms with Crippen molar-refractivity contribution in [2.45, 2.75) is 17.0 Å². The van der Waals surface area contributed by atoms with Crippen LogP contribution in [0.25, 0.3) is 21.8 Å². The number of aromatic nitrogens is 2. The number of nitrogens with zero attached hydrogens (tertiary/aromatic N) is 2. The summed E-state index contributed by atoms with van der Waals surface area (Å²) < 4.78 is 28.8. The largest absolute Gasteiger partial charge is 0.326 e. The van der Waals surface area contributed by atoms with E-state index in [0.717, 1.165) is 22.5 Å². The van der Waals surface area contributed by atoms with E-state index in [0.29, 0.717) is 22.3 Å². The van der Waals surface area contributed by atoms with Gasteiger partial charge < -0.3 is 5.32 Å². The number of hydrogen-bond acceptors (Lipinski definition) is 6. The molecule has 1 heterocycles. The lowest BCUT2D eigenvalue weighted by atomic mass is 10.1. The zero-order chi connectivity index (χ0) is 25.3. The van der Waals surface area contributed by atoms with E-state index in [1.165, 1.54) is 10.9 Å². The summed E-state index contributed by atoms with van der Waals surface area (Å²) in [6.07, 6.45) is 0. The van der Waals surface area contributed by atoms with Crippen LogP contribution in [-0.2, 0) is 14.8 Å². The summed E-state index contributed by atoms with van der Waals surface area (Å²) in [4.78, 5) is 28.7. The highest BCUT2D eigenvalue weighted by Crippen LogP contribution is 2.30. The van der Waals surface area contributed by atoms with Gasteiger partial charge in [-0.25, -0.2) is 17.4 Å². The minimum absolute atomic E-state index is 0.00392. The topological polar surface area (TPSA) is 98.1 Å². The fraction of sp³-hybridized carbons (Fsp3) is 0.0741. The van der Waals surface area contributed by atoms with Crippen LogP contribution in [0.1, 0.15) is 17.3 Å². The molecule has 9 heteroatoms. The number of para-hydroxylation sites is 2. The number of imidazole rings is 1. The Morgan fingerprint density at radius 2 is 1.58 bits per heavy atom. The number of thioether (sulfide) groups is 1. The quantitative estimate of drug-likeness (QED) is 0.231. The van der Waals surface area contributed by atoms with E-state index in [9.17, 15) is 18.0 Å². The van der Waals surface area contributed by atoms with Crippen molar-refractivity contribution in [1.82, 2.24) is 8.96 Å². The summed E-state index contributed by atoms with van der Waals surface area (Å²) in [7, 11) is -3.99. The lowest BCUT2D eigenvalue weighted by Crippen LogP contribution is -2.15. The maximum absolute atomic E-state index is 13.8. The molecule has 0 unspecified atom stereocenters. The number of hydrogen-bond donors (Lipinski definition) is 1. The highest BCUT2D eigenvalue weighted by Gasteiger charge is 2.25. The number of carbonyl (C=O) groups is 2.